The van der Waals surface area contributed by atoms with Crippen molar-refractivity contribution in [3.8, 4) is 0 Å². The van der Waals surface area contributed by atoms with Crippen LogP contribution >= 0.6 is 0 Å². The van der Waals surface area contributed by atoms with E-state index in [4.69, 9.17) is 28.4 Å². The second-order valence-electron chi connectivity index (χ2n) is 12.9. The zero-order valence-corrected chi connectivity index (χ0v) is 21.8. The highest BCUT2D eigenvalue weighted by Crippen LogP contribution is 2.77. The normalized spacial score (nSPS) is 47.1. The number of hydrogen-bond donors (Lipinski definition) is 0. The molecule has 0 aromatic heterocycles. The molecule has 0 N–H and O–H groups in total. The van der Waals surface area contributed by atoms with Crippen LogP contribution < -0.4 is 0 Å². The van der Waals surface area contributed by atoms with Crippen LogP contribution in [0.2, 0.25) is 0 Å². The Morgan fingerprint density at radius 2 is 1.91 bits per heavy atom. The molecule has 4 heterocycles. The number of quaternary nitrogens is 1. The maximum Gasteiger partial charge on any atom is 0.508 e. The highest BCUT2D eigenvalue weighted by Gasteiger charge is 2.94. The minimum atomic E-state index is -0.916. The van der Waals surface area contributed by atoms with Gasteiger partial charge in [0.15, 0.2) is 6.10 Å². The molecule has 1 spiro atoms. The molecule has 9 heteroatoms. The van der Waals surface area contributed by atoms with Gasteiger partial charge in [-0.05, 0) is 31.3 Å². The summed E-state index contributed by atoms with van der Waals surface area (Å²) in [4.78, 5) is 25.2. The molecule has 0 amide bonds. The van der Waals surface area contributed by atoms with E-state index in [2.05, 4.69) is 20.8 Å². The number of nitrogens with zero attached hydrogens (tertiary/aromatic N) is 1. The van der Waals surface area contributed by atoms with Crippen molar-refractivity contribution in [1.82, 2.24) is 0 Å². The van der Waals surface area contributed by atoms with E-state index in [9.17, 15) is 9.59 Å². The molecule has 6 rings (SSSR count). The lowest BCUT2D eigenvalue weighted by Crippen LogP contribution is -2.75. The highest BCUT2D eigenvalue weighted by molar-refractivity contribution is 5.92. The molecule has 3 saturated heterocycles. The second kappa shape index (κ2) is 7.00. The summed E-state index contributed by atoms with van der Waals surface area (Å²) in [6, 6.07) is 0. The van der Waals surface area contributed by atoms with Crippen molar-refractivity contribution >= 4 is 12.1 Å². The van der Waals surface area contributed by atoms with E-state index < -0.39 is 29.1 Å². The smallest absolute Gasteiger partial charge is 0.458 e. The molecule has 2 aliphatic carbocycles. The number of fused-ring (bicyclic) bond motifs is 4. The number of likely N-dealkylation sites (N-methyl/N-ethyl adjacent to an activating group) is 1. The average molecular weight is 493 g/mol. The van der Waals surface area contributed by atoms with Crippen LogP contribution in [0.1, 0.15) is 40.5 Å². The molecule has 0 bridgehead atoms. The molecule has 9 nitrogen and oxygen atoms in total. The van der Waals surface area contributed by atoms with Crippen LogP contribution in [0.5, 0.6) is 0 Å². The van der Waals surface area contributed by atoms with Gasteiger partial charge in [0.05, 0.1) is 27.7 Å². The number of esters is 1. The Morgan fingerprint density at radius 1 is 1.17 bits per heavy atom. The second-order valence-corrected chi connectivity index (χ2v) is 12.9. The maximum atomic E-state index is 12.9. The molecule has 1 saturated carbocycles. The van der Waals surface area contributed by atoms with Gasteiger partial charge in [0.1, 0.15) is 48.8 Å². The Labute approximate surface area is 206 Å². The standard InChI is InChI=1S/C26H38NO8/c1-14(2)25-18(34-25)19-26(35-19)23(3)9-8-15-16(12-31-20(15)28)17(23)13-32-24(26,4)21(25)33-22(29)30-11-10-27(5,6)7/h14,17-19,21H,8-13H2,1-7H3/q+1. The molecule has 8 atom stereocenters. The van der Waals surface area contributed by atoms with Crippen molar-refractivity contribution in [3.63, 3.8) is 0 Å². The quantitative estimate of drug-likeness (QED) is 0.328. The van der Waals surface area contributed by atoms with Gasteiger partial charge in [-0.2, -0.15) is 0 Å². The lowest BCUT2D eigenvalue weighted by molar-refractivity contribution is -0.870. The minimum Gasteiger partial charge on any atom is -0.458 e. The van der Waals surface area contributed by atoms with E-state index in [0.29, 0.717) is 30.7 Å². The third-order valence-electron chi connectivity index (χ3n) is 9.87. The van der Waals surface area contributed by atoms with Crippen LogP contribution in [0.25, 0.3) is 0 Å². The Hall–Kier alpha value is -1.68. The SMILES string of the molecule is CC(C)C12OC1C1OC13C1(C)CCC4=C(COC4=O)C1COC3(C)C2OC(=O)OCC[N+](C)(C)C. The van der Waals surface area contributed by atoms with Crippen molar-refractivity contribution in [2.24, 2.45) is 17.3 Å². The molecule has 6 aliphatic rings. The number of cyclic esters (lactones) is 1. The first-order valence-electron chi connectivity index (χ1n) is 12.8. The average Bonchev–Trinajstić information content (AvgIpc) is 3.64. The Morgan fingerprint density at radius 3 is 2.60 bits per heavy atom. The molecule has 4 fully saturated rings. The predicted octanol–water partition coefficient (Wildman–Crippen LogP) is 2.22. The number of rotatable bonds is 5. The van der Waals surface area contributed by atoms with Gasteiger partial charge in [0, 0.05) is 16.9 Å². The van der Waals surface area contributed by atoms with Crippen LogP contribution in [-0.4, -0.2) is 99.2 Å². The summed E-state index contributed by atoms with van der Waals surface area (Å²) in [6.07, 6.45) is -0.248. The van der Waals surface area contributed by atoms with Gasteiger partial charge in [-0.3, -0.25) is 0 Å². The van der Waals surface area contributed by atoms with Gasteiger partial charge in [-0.15, -0.1) is 0 Å². The van der Waals surface area contributed by atoms with Crippen molar-refractivity contribution in [3.05, 3.63) is 11.1 Å². The number of carbonyl (C=O) groups excluding carboxylic acids is 2. The number of carbonyl (C=O) groups is 2. The van der Waals surface area contributed by atoms with E-state index in [1.165, 1.54) is 0 Å². The molecule has 4 aliphatic heterocycles. The fraction of sp³-hybridized carbons (Fsp3) is 0.846. The molecule has 8 unspecified atom stereocenters. The summed E-state index contributed by atoms with van der Waals surface area (Å²) >= 11 is 0. The van der Waals surface area contributed by atoms with Gasteiger partial charge in [-0.1, -0.05) is 20.8 Å². The lowest BCUT2D eigenvalue weighted by atomic mass is 9.49. The largest absolute Gasteiger partial charge is 0.508 e. The third kappa shape index (κ3) is 2.84. The summed E-state index contributed by atoms with van der Waals surface area (Å²) in [6.45, 7) is 10.1. The zero-order chi connectivity index (χ0) is 25.2. The summed E-state index contributed by atoms with van der Waals surface area (Å²) in [5, 5.41) is 0. The van der Waals surface area contributed by atoms with Gasteiger partial charge in [0.25, 0.3) is 0 Å². The number of hydrogen-bond acceptors (Lipinski definition) is 8. The van der Waals surface area contributed by atoms with Crippen molar-refractivity contribution < 1.29 is 42.5 Å². The monoisotopic (exact) mass is 492 g/mol. The molecule has 0 radical (unpaired) electrons. The van der Waals surface area contributed by atoms with Crippen LogP contribution in [0.15, 0.2) is 11.1 Å². The topological polar surface area (TPSA) is 96.1 Å². The van der Waals surface area contributed by atoms with Crippen molar-refractivity contribution in [2.75, 3.05) is 47.5 Å². The summed E-state index contributed by atoms with van der Waals surface area (Å²) in [7, 11) is 6.13. The first kappa shape index (κ1) is 23.7. The van der Waals surface area contributed by atoms with Gasteiger partial charge < -0.3 is 32.9 Å². The third-order valence-corrected chi connectivity index (χ3v) is 9.87. The lowest BCUT2D eigenvalue weighted by Gasteiger charge is -2.59. The Bertz CT molecular complexity index is 1020. The number of epoxide rings is 2. The molecule has 0 aromatic carbocycles. The van der Waals surface area contributed by atoms with E-state index in [1.54, 1.807) is 0 Å². The van der Waals surface area contributed by atoms with E-state index in [1.807, 2.05) is 28.1 Å². The van der Waals surface area contributed by atoms with Crippen LogP contribution in [0, 0.1) is 17.3 Å². The molecular formula is C26H38NO8+. The minimum absolute atomic E-state index is 0.0123. The molecule has 35 heavy (non-hydrogen) atoms. The van der Waals surface area contributed by atoms with Gasteiger partial charge in [0.2, 0.25) is 0 Å². The zero-order valence-electron chi connectivity index (χ0n) is 21.8. The summed E-state index contributed by atoms with van der Waals surface area (Å²) < 4.78 is 37.4. The first-order valence-corrected chi connectivity index (χ1v) is 12.8. The number of ether oxygens (including phenoxy) is 6. The van der Waals surface area contributed by atoms with Crippen LogP contribution in [-0.2, 0) is 33.2 Å². The first-order chi connectivity index (χ1) is 16.3. The maximum absolute atomic E-state index is 12.9. The summed E-state index contributed by atoms with van der Waals surface area (Å²) in [5.74, 6) is -0.101. The fourth-order valence-corrected chi connectivity index (χ4v) is 7.83. The molecular weight excluding hydrogens is 454 g/mol. The van der Waals surface area contributed by atoms with Crippen molar-refractivity contribution in [1.29, 1.82) is 0 Å². The van der Waals surface area contributed by atoms with Gasteiger partial charge in [-0.25, -0.2) is 9.59 Å². The Kier molecular flexibility index (Phi) is 4.74. The van der Waals surface area contributed by atoms with E-state index in [0.717, 1.165) is 17.6 Å². The van der Waals surface area contributed by atoms with E-state index >= 15 is 0 Å². The Balaban J connectivity index is 1.33. The van der Waals surface area contributed by atoms with E-state index in [-0.39, 0.29) is 42.0 Å². The van der Waals surface area contributed by atoms with Crippen LogP contribution in [0.4, 0.5) is 4.79 Å². The molecule has 194 valence electrons. The van der Waals surface area contributed by atoms with Gasteiger partial charge >= 0.3 is 12.1 Å². The highest BCUT2D eigenvalue weighted by atomic mass is 16.8. The van der Waals surface area contributed by atoms with Crippen LogP contribution in [0.3, 0.4) is 0 Å². The molecule has 0 aromatic rings. The fourth-order valence-electron chi connectivity index (χ4n) is 7.83. The summed E-state index contributed by atoms with van der Waals surface area (Å²) in [5.41, 5.74) is -0.726. The predicted molar refractivity (Wildman–Crippen MR) is 122 cm³/mol. The van der Waals surface area contributed by atoms with Crippen molar-refractivity contribution in [2.45, 2.75) is 75.7 Å².